The molecule has 3 amide bonds. The van der Waals surface area contributed by atoms with Crippen LogP contribution in [0.25, 0.3) is 83.9 Å². The standard InChI is InChI=1S/3C32H28Cl3F2N7O2/c3*1-6-20(45)43-10-9-42(13-16(43)5)30-17-11-19(33)28(21-22(34)24(36)23(35)25(37)26(21)39)41-31(17)44(32(46)18(30)12-38)29-15(4)7-8-40-27(29)14(2)3/h3*6-8,11,14,16H,1,9-10,13,39H2,2-5H3/t3*16-/m111/s1. The molecule has 12 heterocycles. The zero-order valence-electron chi connectivity index (χ0n) is 75.8. The van der Waals surface area contributed by atoms with Gasteiger partial charge in [0.2, 0.25) is 17.7 Å². The molecule has 12 aromatic rings. The van der Waals surface area contributed by atoms with Gasteiger partial charge in [0.25, 0.3) is 16.7 Å². The number of amides is 3. The van der Waals surface area contributed by atoms with Crippen LogP contribution in [0.15, 0.2) is 107 Å². The van der Waals surface area contributed by atoms with Gasteiger partial charge >= 0.3 is 0 Å². The molecule has 0 bridgehead atoms. The predicted molar refractivity (Wildman–Crippen MR) is 531 cm³/mol. The number of aryl methyl sites for hydroxylation is 3. The van der Waals surface area contributed by atoms with Crippen LogP contribution >= 0.6 is 104 Å². The van der Waals surface area contributed by atoms with Crippen LogP contribution in [0.3, 0.4) is 0 Å². The molecule has 3 saturated heterocycles. The summed E-state index contributed by atoms with van der Waals surface area (Å²) in [6.45, 7) is 35.5. The zero-order valence-corrected chi connectivity index (χ0v) is 82.6. The summed E-state index contributed by atoms with van der Waals surface area (Å²) in [6.07, 6.45) is 8.54. The molecule has 9 aromatic heterocycles. The molecule has 3 aromatic carbocycles. The number of fused-ring (bicyclic) bond motifs is 3. The van der Waals surface area contributed by atoms with Gasteiger partial charge in [-0.1, -0.05) is 166 Å². The minimum Gasteiger partial charge on any atom is -0.396 e. The third-order valence-corrected chi connectivity index (χ3v) is 27.1. The molecule has 3 atom stereocenters. The molecule has 3 aliphatic rings. The van der Waals surface area contributed by atoms with Crippen LogP contribution in [0.5, 0.6) is 0 Å². The van der Waals surface area contributed by atoms with Gasteiger partial charge in [0.15, 0.2) is 34.9 Å². The van der Waals surface area contributed by atoms with Crippen molar-refractivity contribution in [3.05, 3.63) is 255 Å². The van der Waals surface area contributed by atoms with Gasteiger partial charge in [-0.2, -0.15) is 15.8 Å². The van der Waals surface area contributed by atoms with Crippen molar-refractivity contribution in [3.8, 4) is 69.0 Å². The summed E-state index contributed by atoms with van der Waals surface area (Å²) in [5, 5.41) is 27.4. The van der Waals surface area contributed by atoms with E-state index in [1.807, 2.05) is 77.0 Å². The summed E-state index contributed by atoms with van der Waals surface area (Å²) >= 11 is 56.6. The number of nitrogens with two attached hydrogens (primary N) is 3. The lowest BCUT2D eigenvalue weighted by Gasteiger charge is -2.41. The molecule has 0 radical (unpaired) electrons. The number of rotatable bonds is 15. The Kier molecular flexibility index (Phi) is 30.3. The second-order valence-corrected chi connectivity index (χ2v) is 37.3. The molecule has 0 saturated carbocycles. The van der Waals surface area contributed by atoms with Crippen molar-refractivity contribution in [2.45, 2.75) is 119 Å². The number of benzene rings is 3. The number of nitriles is 3. The van der Waals surface area contributed by atoms with Crippen molar-refractivity contribution in [2.75, 3.05) is 90.8 Å². The van der Waals surface area contributed by atoms with E-state index in [4.69, 9.17) is 137 Å². The van der Waals surface area contributed by atoms with Crippen LogP contribution in [-0.4, -0.2) is 153 Å². The van der Waals surface area contributed by atoms with Crippen molar-refractivity contribution in [1.82, 2.24) is 58.3 Å². The van der Waals surface area contributed by atoms with Gasteiger partial charge in [0, 0.05) is 128 Å². The van der Waals surface area contributed by atoms with Crippen LogP contribution in [0.1, 0.15) is 131 Å². The molecular formula is C96H84Cl9F6N21O6. The van der Waals surface area contributed by atoms with E-state index in [9.17, 15) is 70.9 Å². The number of carbonyl (C=O) groups excluding carboxylic acids is 3. The zero-order chi connectivity index (χ0) is 101. The third kappa shape index (κ3) is 18.0. The summed E-state index contributed by atoms with van der Waals surface area (Å²) in [5.41, 5.74) is 17.6. The molecule has 0 spiro atoms. The van der Waals surface area contributed by atoms with E-state index in [2.05, 4.69) is 52.9 Å². The van der Waals surface area contributed by atoms with E-state index in [1.54, 1.807) is 72.3 Å². The van der Waals surface area contributed by atoms with Gasteiger partial charge in [-0.15, -0.1) is 0 Å². The average molecular weight is 2060 g/mol. The Bertz CT molecular complexity index is 6790. The number of hydrogen-bond donors (Lipinski definition) is 3. The highest BCUT2D eigenvalue weighted by molar-refractivity contribution is 6.42. The summed E-state index contributed by atoms with van der Waals surface area (Å²) in [5.74, 6) is -8.72. The van der Waals surface area contributed by atoms with E-state index in [0.717, 1.165) is 0 Å². The number of nitrogen functional groups attached to an aromatic ring is 3. The van der Waals surface area contributed by atoms with Crippen LogP contribution in [-0.2, 0) is 14.4 Å². The van der Waals surface area contributed by atoms with Crippen molar-refractivity contribution < 1.29 is 40.7 Å². The molecule has 3 fully saturated rings. The molecule has 15 rings (SSSR count). The minimum atomic E-state index is -1.26. The highest BCUT2D eigenvalue weighted by atomic mass is 35.5. The summed E-state index contributed by atoms with van der Waals surface area (Å²) in [4.78, 5) is 119. The van der Waals surface area contributed by atoms with Crippen LogP contribution in [0.4, 0.5) is 60.5 Å². The first-order valence-corrected chi connectivity index (χ1v) is 46.0. The van der Waals surface area contributed by atoms with Gasteiger partial charge in [-0.25, -0.2) is 41.3 Å². The number of aromatic nitrogens is 9. The molecule has 6 N–H and O–H groups in total. The normalized spacial score (nSPS) is 15.0. The smallest absolute Gasteiger partial charge is 0.276 e. The van der Waals surface area contributed by atoms with E-state index in [1.165, 1.54) is 50.1 Å². The Morgan fingerprint density at radius 2 is 0.630 bits per heavy atom. The maximum atomic E-state index is 15.0. The van der Waals surface area contributed by atoms with Crippen LogP contribution < -0.4 is 48.6 Å². The topological polar surface area (TPSA) is 363 Å². The minimum absolute atomic E-state index is 0.0138. The van der Waals surface area contributed by atoms with Gasteiger partial charge in [-0.05, 0) is 131 Å². The molecule has 0 aliphatic carbocycles. The number of hydrogen-bond acceptors (Lipinski definition) is 21. The molecule has 0 unspecified atom stereocenters. The molecule has 714 valence electrons. The highest BCUT2D eigenvalue weighted by Gasteiger charge is 2.40. The molecule has 42 heteroatoms. The Labute approximate surface area is 831 Å². The van der Waals surface area contributed by atoms with E-state index >= 15 is 0 Å². The SMILES string of the molecule is C=CC(=O)N1CCN(c2c(C#N)c(=O)n(-c3c(C)ccnc3C(C)C)c3nc(-c4c(N)c(F)c(Cl)c(F)c4Cl)c(Cl)cc23)C[C@H]1C.C=CC(=O)N1CCN(c2c(C#N)c(=O)n(-c3c(C)ccnc3C(C)C)c3nc(-c4c(N)c(F)c(Cl)c(F)c4Cl)c(Cl)cc23)C[C@H]1C.C=CC(=O)N1CCN(c2c(C#N)c(=O)n(-c3c(C)ccnc3C(C)C)c3nc(-c4c(N)c(F)c(Cl)c(F)c4Cl)c(Cl)cc23)C[C@H]1C. The Balaban J connectivity index is 0.000000175. The van der Waals surface area contributed by atoms with Crippen molar-refractivity contribution >= 4 is 189 Å². The summed E-state index contributed by atoms with van der Waals surface area (Å²) < 4.78 is 93.5. The fraction of sp³-hybridized carbons (Fsp3) is 0.281. The van der Waals surface area contributed by atoms with Crippen LogP contribution in [0, 0.1) is 89.7 Å². The first kappa shape index (κ1) is 103. The lowest BCUT2D eigenvalue weighted by Crippen LogP contribution is -2.54. The number of piperazine rings is 3. The molecule has 27 nitrogen and oxygen atoms in total. The monoisotopic (exact) mass is 2060 g/mol. The fourth-order valence-electron chi connectivity index (χ4n) is 17.6. The number of nitrogens with zero attached hydrogens (tertiary/aromatic N) is 18. The van der Waals surface area contributed by atoms with Crippen molar-refractivity contribution in [2.24, 2.45) is 0 Å². The number of halogens is 15. The van der Waals surface area contributed by atoms with Crippen molar-refractivity contribution in [1.29, 1.82) is 15.8 Å². The second kappa shape index (κ2) is 40.8. The lowest BCUT2D eigenvalue weighted by molar-refractivity contribution is -0.129. The summed E-state index contributed by atoms with van der Waals surface area (Å²) in [6, 6.07) is 14.8. The van der Waals surface area contributed by atoms with E-state index in [0.29, 0.717) is 67.0 Å². The maximum absolute atomic E-state index is 15.0. The summed E-state index contributed by atoms with van der Waals surface area (Å²) in [7, 11) is 0. The Morgan fingerprint density at radius 1 is 0.399 bits per heavy atom. The fourth-order valence-corrected chi connectivity index (χ4v) is 19.9. The predicted octanol–water partition coefficient (Wildman–Crippen LogP) is 20.4. The Hall–Kier alpha value is -12.7. The van der Waals surface area contributed by atoms with Crippen molar-refractivity contribution in [3.63, 3.8) is 0 Å². The first-order valence-electron chi connectivity index (χ1n) is 42.6. The number of carbonyl (C=O) groups is 3. The Morgan fingerprint density at radius 3 is 0.833 bits per heavy atom. The molecule has 138 heavy (non-hydrogen) atoms. The first-order chi connectivity index (χ1) is 65.2. The van der Waals surface area contributed by atoms with Gasteiger partial charge in [-0.3, -0.25) is 57.4 Å². The highest BCUT2D eigenvalue weighted by Crippen LogP contribution is 2.50. The molecule has 3 aliphatic heterocycles. The largest absolute Gasteiger partial charge is 0.396 e. The van der Waals surface area contributed by atoms with E-state index < -0.39 is 98.8 Å². The molecular weight excluding hydrogens is 1980 g/mol. The average Bonchev–Trinajstić information content (AvgIpc) is 0.726. The lowest BCUT2D eigenvalue weighted by atomic mass is 10.0. The van der Waals surface area contributed by atoms with Gasteiger partial charge < -0.3 is 46.6 Å². The quantitative estimate of drug-likeness (QED) is 0.0282. The van der Waals surface area contributed by atoms with Gasteiger partial charge in [0.05, 0.1) is 115 Å². The number of pyridine rings is 9. The third-order valence-electron chi connectivity index (χ3n) is 24.2. The van der Waals surface area contributed by atoms with Gasteiger partial charge in [0.1, 0.15) is 66.9 Å². The second-order valence-electron chi connectivity index (χ2n) is 33.8. The maximum Gasteiger partial charge on any atom is 0.276 e. The van der Waals surface area contributed by atoms with E-state index in [-0.39, 0.29) is 212 Å². The number of anilines is 6. The van der Waals surface area contributed by atoms with Crippen LogP contribution in [0.2, 0.25) is 45.2 Å².